The Morgan fingerprint density at radius 3 is 2.45 bits per heavy atom. The molecule has 0 saturated heterocycles. The molecule has 0 saturated carbocycles. The van der Waals surface area contributed by atoms with Gasteiger partial charge in [0.2, 0.25) is 0 Å². The lowest BCUT2D eigenvalue weighted by Crippen LogP contribution is -2.05. The van der Waals surface area contributed by atoms with Gasteiger partial charge in [0.15, 0.2) is 0 Å². The number of hydrogen-bond donors (Lipinski definition) is 2. The highest BCUT2D eigenvalue weighted by Gasteiger charge is 2.08. The van der Waals surface area contributed by atoms with Crippen LogP contribution in [-0.2, 0) is 0 Å². The molecule has 0 amide bonds. The molecule has 0 spiro atoms. The van der Waals surface area contributed by atoms with E-state index in [4.69, 9.17) is 11.6 Å². The summed E-state index contributed by atoms with van der Waals surface area (Å²) in [7, 11) is 1.84. The normalized spacial score (nSPS) is 10.7. The summed E-state index contributed by atoms with van der Waals surface area (Å²) in [5.41, 5.74) is 0.883. The lowest BCUT2D eigenvalue weighted by atomic mass is 10.2. The average molecular weight is 356 g/mol. The van der Waals surface area contributed by atoms with Crippen LogP contribution in [0.2, 0.25) is 5.02 Å². The third-order valence-corrected chi connectivity index (χ3v) is 3.94. The highest BCUT2D eigenvalue weighted by Crippen LogP contribution is 2.27. The van der Waals surface area contributed by atoms with Crippen molar-refractivity contribution in [2.75, 3.05) is 17.7 Å². The first-order valence-electron chi connectivity index (χ1n) is 6.28. The summed E-state index contributed by atoms with van der Waals surface area (Å²) < 4.78 is 0.867. The topological polar surface area (TPSA) is 49.8 Å². The van der Waals surface area contributed by atoms with Crippen LogP contribution in [0, 0.1) is 0 Å². The first-order valence-corrected chi connectivity index (χ1v) is 7.45. The molecule has 6 heteroatoms. The van der Waals surface area contributed by atoms with E-state index in [1.54, 1.807) is 0 Å². The smallest absolute Gasteiger partial charge is 0.136 e. The monoisotopic (exact) mass is 354 g/mol. The number of rotatable bonds is 4. The summed E-state index contributed by atoms with van der Waals surface area (Å²) in [4.78, 5) is 8.94. The first kappa shape index (κ1) is 15.1. The molecule has 2 N–H and O–H groups in total. The Kier molecular flexibility index (Phi) is 4.83. The lowest BCUT2D eigenvalue weighted by Gasteiger charge is -2.12. The average Bonchev–Trinajstić information content (AvgIpc) is 2.42. The Morgan fingerprint density at radius 1 is 1.15 bits per heavy atom. The van der Waals surface area contributed by atoms with Crippen LogP contribution in [0.15, 0.2) is 28.7 Å². The fourth-order valence-corrected chi connectivity index (χ4v) is 2.07. The van der Waals surface area contributed by atoms with Crippen molar-refractivity contribution in [3.05, 3.63) is 39.6 Å². The zero-order valence-electron chi connectivity index (χ0n) is 11.5. The predicted octanol–water partition coefficient (Wildman–Crippen LogP) is 4.80. The van der Waals surface area contributed by atoms with Crippen molar-refractivity contribution in [2.45, 2.75) is 19.8 Å². The quantitative estimate of drug-likeness (QED) is 0.827. The summed E-state index contributed by atoms with van der Waals surface area (Å²) >= 11 is 9.46. The van der Waals surface area contributed by atoms with E-state index in [2.05, 4.69) is 50.4 Å². The van der Waals surface area contributed by atoms with Crippen LogP contribution >= 0.6 is 27.5 Å². The van der Waals surface area contributed by atoms with Gasteiger partial charge in [-0.2, -0.15) is 0 Å². The summed E-state index contributed by atoms with van der Waals surface area (Å²) in [6.07, 6.45) is 0. The van der Waals surface area contributed by atoms with Crippen LogP contribution in [-0.4, -0.2) is 17.0 Å². The summed E-state index contributed by atoms with van der Waals surface area (Å²) in [6, 6.07) is 7.55. The predicted molar refractivity (Wildman–Crippen MR) is 88.1 cm³/mol. The molecule has 0 aliphatic rings. The second-order valence-electron chi connectivity index (χ2n) is 4.66. The van der Waals surface area contributed by atoms with Gasteiger partial charge in [0.1, 0.15) is 17.5 Å². The molecule has 0 fully saturated rings. The molecule has 106 valence electrons. The second kappa shape index (κ2) is 6.41. The van der Waals surface area contributed by atoms with Gasteiger partial charge in [-0.05, 0) is 34.1 Å². The highest BCUT2D eigenvalue weighted by atomic mass is 79.9. The van der Waals surface area contributed by atoms with Gasteiger partial charge in [-0.1, -0.05) is 25.4 Å². The zero-order chi connectivity index (χ0) is 14.7. The zero-order valence-corrected chi connectivity index (χ0v) is 13.9. The third-order valence-electron chi connectivity index (χ3n) is 2.71. The minimum atomic E-state index is 0.261. The molecule has 2 rings (SSSR count). The highest BCUT2D eigenvalue weighted by molar-refractivity contribution is 9.10. The Labute approximate surface area is 132 Å². The van der Waals surface area contributed by atoms with Gasteiger partial charge in [0, 0.05) is 29.2 Å². The number of benzene rings is 1. The van der Waals surface area contributed by atoms with Gasteiger partial charge >= 0.3 is 0 Å². The van der Waals surface area contributed by atoms with E-state index in [1.165, 1.54) is 0 Å². The molecule has 1 aromatic carbocycles. The molecule has 0 aliphatic carbocycles. The van der Waals surface area contributed by atoms with Gasteiger partial charge in [0.25, 0.3) is 0 Å². The molecule has 0 aliphatic heterocycles. The molecule has 1 aromatic heterocycles. The number of anilines is 3. The molecule has 2 aromatic rings. The van der Waals surface area contributed by atoms with E-state index in [-0.39, 0.29) is 5.92 Å². The van der Waals surface area contributed by atoms with Gasteiger partial charge in [0.05, 0.1) is 5.02 Å². The number of hydrogen-bond acceptors (Lipinski definition) is 4. The van der Waals surface area contributed by atoms with Crippen molar-refractivity contribution >= 4 is 44.9 Å². The maximum Gasteiger partial charge on any atom is 0.136 e. The molecule has 0 radical (unpaired) electrons. The molecule has 20 heavy (non-hydrogen) atoms. The Bertz CT molecular complexity index is 616. The Balaban J connectivity index is 2.32. The molecule has 4 nitrogen and oxygen atoms in total. The SMILES string of the molecule is CNc1cc(Nc2ccc(Br)c(Cl)c2)nc(C(C)C)n1. The van der Waals surface area contributed by atoms with Gasteiger partial charge in [-0.25, -0.2) is 9.97 Å². The number of halogens is 2. The van der Waals surface area contributed by atoms with Crippen LogP contribution in [0.5, 0.6) is 0 Å². The van der Waals surface area contributed by atoms with E-state index < -0.39 is 0 Å². The molecule has 0 unspecified atom stereocenters. The van der Waals surface area contributed by atoms with Crippen LogP contribution in [0.3, 0.4) is 0 Å². The summed E-state index contributed by atoms with van der Waals surface area (Å²) in [5.74, 6) is 2.58. The van der Waals surface area contributed by atoms with E-state index in [9.17, 15) is 0 Å². The maximum absolute atomic E-state index is 6.09. The molecular formula is C14H16BrClN4. The molecule has 1 heterocycles. The first-order chi connectivity index (χ1) is 9.49. The number of aromatic nitrogens is 2. The summed E-state index contributed by atoms with van der Waals surface area (Å²) in [5, 5.41) is 6.94. The lowest BCUT2D eigenvalue weighted by molar-refractivity contribution is 0.778. The van der Waals surface area contributed by atoms with E-state index in [0.717, 1.165) is 27.6 Å². The molecule has 0 atom stereocenters. The molecule has 0 bridgehead atoms. The van der Waals surface area contributed by atoms with Crippen molar-refractivity contribution in [1.82, 2.24) is 9.97 Å². The maximum atomic E-state index is 6.09. The van der Waals surface area contributed by atoms with Gasteiger partial charge in [-0.15, -0.1) is 0 Å². The van der Waals surface area contributed by atoms with Crippen molar-refractivity contribution in [3.63, 3.8) is 0 Å². The van der Waals surface area contributed by atoms with Crippen molar-refractivity contribution in [3.8, 4) is 0 Å². The fraction of sp³-hybridized carbons (Fsp3) is 0.286. The van der Waals surface area contributed by atoms with Gasteiger partial charge < -0.3 is 10.6 Å². The number of nitrogens with one attached hydrogen (secondary N) is 2. The van der Waals surface area contributed by atoms with Crippen LogP contribution in [0.25, 0.3) is 0 Å². The second-order valence-corrected chi connectivity index (χ2v) is 5.92. The number of nitrogens with zero attached hydrogens (tertiary/aromatic N) is 2. The van der Waals surface area contributed by atoms with Crippen molar-refractivity contribution < 1.29 is 0 Å². The van der Waals surface area contributed by atoms with E-state index in [1.807, 2.05) is 31.3 Å². The van der Waals surface area contributed by atoms with Crippen molar-refractivity contribution in [2.24, 2.45) is 0 Å². The Hall–Kier alpha value is -1.33. The minimum Gasteiger partial charge on any atom is -0.373 e. The fourth-order valence-electron chi connectivity index (χ4n) is 1.64. The van der Waals surface area contributed by atoms with Gasteiger partial charge in [-0.3, -0.25) is 0 Å². The minimum absolute atomic E-state index is 0.261. The van der Waals surface area contributed by atoms with E-state index >= 15 is 0 Å². The van der Waals surface area contributed by atoms with Crippen LogP contribution in [0.4, 0.5) is 17.3 Å². The van der Waals surface area contributed by atoms with Crippen molar-refractivity contribution in [1.29, 1.82) is 0 Å². The Morgan fingerprint density at radius 2 is 1.85 bits per heavy atom. The summed E-state index contributed by atoms with van der Waals surface area (Å²) in [6.45, 7) is 4.13. The van der Waals surface area contributed by atoms with E-state index in [0.29, 0.717) is 5.02 Å². The third kappa shape index (κ3) is 3.61. The standard InChI is InChI=1S/C14H16BrClN4/c1-8(2)14-19-12(17-3)7-13(20-14)18-9-4-5-10(15)11(16)6-9/h4-8H,1-3H3,(H2,17,18,19,20). The molecular weight excluding hydrogens is 340 g/mol. The largest absolute Gasteiger partial charge is 0.373 e. The van der Waals surface area contributed by atoms with Crippen LogP contribution in [0.1, 0.15) is 25.6 Å². The van der Waals surface area contributed by atoms with Crippen LogP contribution < -0.4 is 10.6 Å².